The zero-order valence-corrected chi connectivity index (χ0v) is 8.76. The lowest BCUT2D eigenvalue weighted by molar-refractivity contribution is -0.00874. The van der Waals surface area contributed by atoms with Crippen molar-refractivity contribution in [2.24, 2.45) is 11.7 Å². The fourth-order valence-electron chi connectivity index (χ4n) is 1.87. The molecule has 1 unspecified atom stereocenters. The average Bonchev–Trinajstić information content (AvgIpc) is 2.12. The van der Waals surface area contributed by atoms with Gasteiger partial charge in [-0.3, -0.25) is 4.90 Å². The van der Waals surface area contributed by atoms with Crippen LogP contribution in [0.4, 0.5) is 0 Å². The van der Waals surface area contributed by atoms with Crippen molar-refractivity contribution in [2.75, 3.05) is 44.4 Å². The van der Waals surface area contributed by atoms with Gasteiger partial charge in [0.2, 0.25) is 0 Å². The second-order valence-corrected chi connectivity index (χ2v) is 4.94. The lowest BCUT2D eigenvalue weighted by Crippen LogP contribution is -2.52. The number of hydrogen-bond donors (Lipinski definition) is 1. The van der Waals surface area contributed by atoms with Crippen LogP contribution in [-0.2, 0) is 4.74 Å². The molecule has 76 valence electrons. The number of morpholine rings is 1. The molecule has 2 saturated heterocycles. The maximum Gasteiger partial charge on any atom is 0.0634 e. The van der Waals surface area contributed by atoms with Crippen molar-refractivity contribution < 1.29 is 4.74 Å². The van der Waals surface area contributed by atoms with Gasteiger partial charge in [0.05, 0.1) is 13.2 Å². The quantitative estimate of drug-likeness (QED) is 0.699. The molecule has 1 atom stereocenters. The molecule has 0 saturated carbocycles. The van der Waals surface area contributed by atoms with E-state index in [1.165, 1.54) is 18.1 Å². The van der Waals surface area contributed by atoms with E-state index < -0.39 is 0 Å². The van der Waals surface area contributed by atoms with Crippen LogP contribution in [0, 0.1) is 5.92 Å². The molecule has 2 fully saturated rings. The minimum absolute atomic E-state index is 0.472. The van der Waals surface area contributed by atoms with Crippen LogP contribution < -0.4 is 5.73 Å². The molecule has 2 N–H and O–H groups in total. The third-order valence-electron chi connectivity index (χ3n) is 2.82. The molecule has 3 nitrogen and oxygen atoms in total. The zero-order chi connectivity index (χ0) is 9.10. The SMILES string of the molecule is NCC1COCCN1CC1CSC1. The number of nitrogens with two attached hydrogens (primary N) is 1. The van der Waals surface area contributed by atoms with E-state index in [0.717, 1.165) is 32.2 Å². The molecule has 2 heterocycles. The van der Waals surface area contributed by atoms with Gasteiger partial charge in [-0.25, -0.2) is 0 Å². The molecule has 2 rings (SSSR count). The summed E-state index contributed by atoms with van der Waals surface area (Å²) in [6.07, 6.45) is 0. The number of rotatable bonds is 3. The van der Waals surface area contributed by atoms with E-state index in [4.69, 9.17) is 10.5 Å². The Morgan fingerprint density at radius 3 is 2.92 bits per heavy atom. The first kappa shape index (κ1) is 9.77. The van der Waals surface area contributed by atoms with Crippen LogP contribution in [0.3, 0.4) is 0 Å². The van der Waals surface area contributed by atoms with Crippen LogP contribution in [0.2, 0.25) is 0 Å². The lowest BCUT2D eigenvalue weighted by Gasteiger charge is -2.39. The topological polar surface area (TPSA) is 38.5 Å². The van der Waals surface area contributed by atoms with E-state index in [0.29, 0.717) is 6.04 Å². The standard InChI is InChI=1S/C9H18N2OS/c10-3-9-5-12-2-1-11(9)4-8-6-13-7-8/h8-9H,1-7,10H2. The predicted molar refractivity (Wildman–Crippen MR) is 56.0 cm³/mol. The smallest absolute Gasteiger partial charge is 0.0634 e. The van der Waals surface area contributed by atoms with Crippen molar-refractivity contribution in [3.05, 3.63) is 0 Å². The molecule has 0 aromatic carbocycles. The summed E-state index contributed by atoms with van der Waals surface area (Å²) in [5.41, 5.74) is 5.70. The monoisotopic (exact) mass is 202 g/mol. The molecule has 4 heteroatoms. The Morgan fingerprint density at radius 2 is 2.31 bits per heavy atom. The molecule has 0 radical (unpaired) electrons. The Morgan fingerprint density at radius 1 is 1.46 bits per heavy atom. The summed E-state index contributed by atoms with van der Waals surface area (Å²) < 4.78 is 5.41. The first-order valence-electron chi connectivity index (χ1n) is 4.99. The second-order valence-electron chi connectivity index (χ2n) is 3.86. The molecule has 0 bridgehead atoms. The van der Waals surface area contributed by atoms with Crippen LogP contribution >= 0.6 is 11.8 Å². The van der Waals surface area contributed by atoms with E-state index in [9.17, 15) is 0 Å². The maximum absolute atomic E-state index is 5.70. The molecule has 0 amide bonds. The molecular weight excluding hydrogens is 184 g/mol. The first-order valence-corrected chi connectivity index (χ1v) is 6.15. The highest BCUT2D eigenvalue weighted by molar-refractivity contribution is 8.00. The Kier molecular flexibility index (Phi) is 3.49. The van der Waals surface area contributed by atoms with Gasteiger partial charge in [0.25, 0.3) is 0 Å². The van der Waals surface area contributed by atoms with Gasteiger partial charge in [-0.15, -0.1) is 0 Å². The Labute approximate surface area is 84.0 Å². The van der Waals surface area contributed by atoms with Gasteiger partial charge in [0.1, 0.15) is 0 Å². The van der Waals surface area contributed by atoms with Crippen LogP contribution in [0.15, 0.2) is 0 Å². The van der Waals surface area contributed by atoms with Gasteiger partial charge >= 0.3 is 0 Å². The molecule has 2 aliphatic heterocycles. The molecule has 0 spiro atoms. The van der Waals surface area contributed by atoms with E-state index in [1.54, 1.807) is 0 Å². The largest absolute Gasteiger partial charge is 0.378 e. The summed E-state index contributed by atoms with van der Waals surface area (Å²) >= 11 is 2.05. The molecule has 2 aliphatic rings. The van der Waals surface area contributed by atoms with Crippen molar-refractivity contribution in [3.8, 4) is 0 Å². The number of ether oxygens (including phenoxy) is 1. The van der Waals surface area contributed by atoms with E-state index in [-0.39, 0.29) is 0 Å². The van der Waals surface area contributed by atoms with Crippen molar-refractivity contribution in [2.45, 2.75) is 6.04 Å². The first-order chi connectivity index (χ1) is 6.40. The van der Waals surface area contributed by atoms with E-state index in [1.807, 2.05) is 0 Å². The lowest BCUT2D eigenvalue weighted by atomic mass is 10.1. The Hall–Kier alpha value is 0.230. The average molecular weight is 202 g/mol. The van der Waals surface area contributed by atoms with Crippen LogP contribution in [-0.4, -0.2) is 55.3 Å². The van der Waals surface area contributed by atoms with Gasteiger partial charge in [-0.2, -0.15) is 11.8 Å². The highest BCUT2D eigenvalue weighted by Crippen LogP contribution is 2.26. The van der Waals surface area contributed by atoms with Crippen LogP contribution in [0.25, 0.3) is 0 Å². The summed E-state index contributed by atoms with van der Waals surface area (Å²) in [5, 5.41) is 0. The van der Waals surface area contributed by atoms with Crippen molar-refractivity contribution in [1.29, 1.82) is 0 Å². The van der Waals surface area contributed by atoms with Gasteiger partial charge in [-0.05, 0) is 17.4 Å². The number of thioether (sulfide) groups is 1. The number of nitrogens with zero attached hydrogens (tertiary/aromatic N) is 1. The van der Waals surface area contributed by atoms with Gasteiger partial charge in [0.15, 0.2) is 0 Å². The summed E-state index contributed by atoms with van der Waals surface area (Å²) in [5.74, 6) is 3.60. The molecule has 0 aromatic rings. The normalized spacial score (nSPS) is 31.6. The minimum atomic E-state index is 0.472. The third kappa shape index (κ3) is 2.37. The van der Waals surface area contributed by atoms with Crippen molar-refractivity contribution in [1.82, 2.24) is 4.90 Å². The predicted octanol–water partition coefficient (Wildman–Crippen LogP) is 0.00890. The fraction of sp³-hybridized carbons (Fsp3) is 1.00. The molecule has 0 aromatic heterocycles. The summed E-state index contributed by atoms with van der Waals surface area (Å²) in [6, 6.07) is 0.472. The summed E-state index contributed by atoms with van der Waals surface area (Å²) in [7, 11) is 0. The Bertz CT molecular complexity index is 164. The van der Waals surface area contributed by atoms with Gasteiger partial charge < -0.3 is 10.5 Å². The van der Waals surface area contributed by atoms with Crippen molar-refractivity contribution in [3.63, 3.8) is 0 Å². The van der Waals surface area contributed by atoms with Crippen LogP contribution in [0.5, 0.6) is 0 Å². The van der Waals surface area contributed by atoms with E-state index in [2.05, 4.69) is 16.7 Å². The van der Waals surface area contributed by atoms with Crippen LogP contribution in [0.1, 0.15) is 0 Å². The van der Waals surface area contributed by atoms with Gasteiger partial charge in [0, 0.05) is 25.7 Å². The highest BCUT2D eigenvalue weighted by atomic mass is 32.2. The third-order valence-corrected chi connectivity index (χ3v) is 4.24. The molecule has 13 heavy (non-hydrogen) atoms. The molecular formula is C9H18N2OS. The second kappa shape index (κ2) is 4.64. The summed E-state index contributed by atoms with van der Waals surface area (Å²) in [4.78, 5) is 2.51. The van der Waals surface area contributed by atoms with Crippen molar-refractivity contribution >= 4 is 11.8 Å². The number of hydrogen-bond acceptors (Lipinski definition) is 4. The van der Waals surface area contributed by atoms with Gasteiger partial charge in [-0.1, -0.05) is 0 Å². The zero-order valence-electron chi connectivity index (χ0n) is 7.95. The maximum atomic E-state index is 5.70. The fourth-order valence-corrected chi connectivity index (χ4v) is 2.65. The molecule has 0 aliphatic carbocycles. The summed E-state index contributed by atoms with van der Waals surface area (Å²) in [6.45, 7) is 4.76. The Balaban J connectivity index is 1.79. The van der Waals surface area contributed by atoms with E-state index >= 15 is 0 Å². The minimum Gasteiger partial charge on any atom is -0.378 e. The highest BCUT2D eigenvalue weighted by Gasteiger charge is 2.27.